The number of rotatable bonds is 4. The topological polar surface area (TPSA) is 74.7 Å². The molecule has 0 saturated heterocycles. The number of hydrogen-bond acceptors (Lipinski definition) is 5. The van der Waals surface area contributed by atoms with Gasteiger partial charge in [-0.2, -0.15) is 23.4 Å². The van der Waals surface area contributed by atoms with Crippen LogP contribution < -0.4 is 5.32 Å². The molecule has 88 valence electrons. The second-order valence-electron chi connectivity index (χ2n) is 3.08. The molecule has 1 rings (SSSR count). The number of hydrogen-bond donors (Lipinski definition) is 1. The van der Waals surface area contributed by atoms with E-state index in [4.69, 9.17) is 5.26 Å². The van der Waals surface area contributed by atoms with E-state index >= 15 is 0 Å². The molecule has 0 radical (unpaired) electrons. The first kappa shape index (κ1) is 12.4. The van der Waals surface area contributed by atoms with Crippen molar-refractivity contribution in [2.45, 2.75) is 19.6 Å². The van der Waals surface area contributed by atoms with Crippen molar-refractivity contribution >= 4 is 0 Å². The van der Waals surface area contributed by atoms with Crippen LogP contribution in [0.4, 0.5) is 13.2 Å². The minimum absolute atomic E-state index is 0.0333. The van der Waals surface area contributed by atoms with Gasteiger partial charge >= 0.3 is 6.18 Å². The zero-order valence-corrected chi connectivity index (χ0v) is 8.38. The van der Waals surface area contributed by atoms with Crippen LogP contribution in [0.2, 0.25) is 0 Å². The molecule has 0 bridgehead atoms. The van der Waals surface area contributed by atoms with E-state index in [0.29, 0.717) is 5.89 Å². The summed E-state index contributed by atoms with van der Waals surface area (Å²) in [6.45, 7) is 1.11. The van der Waals surface area contributed by atoms with E-state index in [1.807, 2.05) is 0 Å². The Hall–Kier alpha value is -1.62. The lowest BCUT2D eigenvalue weighted by Crippen LogP contribution is -2.32. The molecular weight excluding hydrogens is 225 g/mol. The number of alkyl halides is 3. The molecule has 1 N–H and O–H groups in total. The highest BCUT2D eigenvalue weighted by Crippen LogP contribution is 2.24. The van der Waals surface area contributed by atoms with Crippen LogP contribution in [0.5, 0.6) is 0 Å². The van der Waals surface area contributed by atoms with Crippen LogP contribution in [0.25, 0.3) is 0 Å². The fourth-order valence-electron chi connectivity index (χ4n) is 0.976. The summed E-state index contributed by atoms with van der Waals surface area (Å²) >= 11 is 0. The molecule has 0 spiro atoms. The largest absolute Gasteiger partial charge is 0.405 e. The second kappa shape index (κ2) is 4.94. The lowest BCUT2D eigenvalue weighted by molar-refractivity contribution is -0.157. The second-order valence-corrected chi connectivity index (χ2v) is 3.08. The van der Waals surface area contributed by atoms with Gasteiger partial charge in [-0.25, -0.2) is 0 Å². The third kappa shape index (κ3) is 3.51. The third-order valence-electron chi connectivity index (χ3n) is 1.75. The Labute approximate surface area is 89.2 Å². The predicted octanol–water partition coefficient (Wildman–Crippen LogP) is 1.17. The highest BCUT2D eigenvalue weighted by Gasteiger charge is 2.39. The summed E-state index contributed by atoms with van der Waals surface area (Å²) in [6, 6.07) is 1.18. The van der Waals surface area contributed by atoms with Crippen LogP contribution in [0.1, 0.15) is 11.7 Å². The van der Waals surface area contributed by atoms with E-state index in [2.05, 4.69) is 20.0 Å². The number of halogens is 3. The van der Waals surface area contributed by atoms with Gasteiger partial charge in [0.25, 0.3) is 0 Å². The summed E-state index contributed by atoms with van der Waals surface area (Å²) in [6.07, 6.45) is -4.52. The number of nitrogens with one attached hydrogen (secondary N) is 1. The van der Waals surface area contributed by atoms with Crippen LogP contribution in [-0.2, 0) is 6.54 Å². The Bertz CT molecular complexity index is 381. The summed E-state index contributed by atoms with van der Waals surface area (Å²) in [5.74, 6) is -1.43. The highest BCUT2D eigenvalue weighted by atomic mass is 19.4. The smallest absolute Gasteiger partial charge is 0.340 e. The van der Waals surface area contributed by atoms with Gasteiger partial charge in [-0.15, -0.1) is 0 Å². The zero-order chi connectivity index (χ0) is 12.2. The number of nitrogens with zero attached hydrogens (tertiary/aromatic N) is 3. The maximum atomic E-state index is 12.1. The van der Waals surface area contributed by atoms with Crippen molar-refractivity contribution in [3.05, 3.63) is 11.7 Å². The van der Waals surface area contributed by atoms with E-state index in [1.54, 1.807) is 6.92 Å². The van der Waals surface area contributed by atoms with Crippen molar-refractivity contribution in [1.82, 2.24) is 15.5 Å². The van der Waals surface area contributed by atoms with Gasteiger partial charge in [0.2, 0.25) is 5.89 Å². The van der Waals surface area contributed by atoms with Crippen LogP contribution >= 0.6 is 0 Å². The Morgan fingerprint density at radius 2 is 2.25 bits per heavy atom. The first-order valence-electron chi connectivity index (χ1n) is 4.39. The van der Waals surface area contributed by atoms with Crippen molar-refractivity contribution in [3.8, 4) is 6.07 Å². The van der Waals surface area contributed by atoms with Gasteiger partial charge in [-0.05, 0) is 0 Å². The first-order valence-corrected chi connectivity index (χ1v) is 4.39. The maximum Gasteiger partial charge on any atom is 0.405 e. The van der Waals surface area contributed by atoms with Gasteiger partial charge in [0.15, 0.2) is 11.7 Å². The minimum Gasteiger partial charge on any atom is -0.340 e. The molecule has 0 aromatic carbocycles. The fourth-order valence-corrected chi connectivity index (χ4v) is 0.976. The normalized spacial score (nSPS) is 13.4. The minimum atomic E-state index is -4.52. The molecular formula is C8H9F3N4O. The van der Waals surface area contributed by atoms with Crippen LogP contribution in [-0.4, -0.2) is 22.9 Å². The quantitative estimate of drug-likeness (QED) is 0.846. The first-order chi connectivity index (χ1) is 7.43. The van der Waals surface area contributed by atoms with Crippen molar-refractivity contribution in [2.75, 3.05) is 6.54 Å². The molecule has 0 fully saturated rings. The zero-order valence-electron chi connectivity index (χ0n) is 8.38. The summed E-state index contributed by atoms with van der Waals surface area (Å²) in [7, 11) is 0. The molecule has 1 aromatic rings. The van der Waals surface area contributed by atoms with Crippen molar-refractivity contribution < 1.29 is 17.7 Å². The number of aromatic nitrogens is 2. The van der Waals surface area contributed by atoms with Gasteiger partial charge in [0, 0.05) is 13.5 Å². The number of nitriles is 1. The molecule has 0 aliphatic rings. The Morgan fingerprint density at radius 1 is 1.56 bits per heavy atom. The van der Waals surface area contributed by atoms with Crippen molar-refractivity contribution in [3.63, 3.8) is 0 Å². The molecule has 0 aliphatic heterocycles. The average molecular weight is 234 g/mol. The summed E-state index contributed by atoms with van der Waals surface area (Å²) in [4.78, 5) is 3.79. The van der Waals surface area contributed by atoms with Gasteiger partial charge in [0.05, 0.1) is 12.6 Å². The lowest BCUT2D eigenvalue weighted by atomic mass is 10.1. The Morgan fingerprint density at radius 3 is 2.69 bits per heavy atom. The van der Waals surface area contributed by atoms with Gasteiger partial charge in [0.1, 0.15) is 0 Å². The van der Waals surface area contributed by atoms with E-state index in [-0.39, 0.29) is 12.4 Å². The van der Waals surface area contributed by atoms with Crippen molar-refractivity contribution in [1.29, 1.82) is 5.26 Å². The third-order valence-corrected chi connectivity index (χ3v) is 1.75. The summed E-state index contributed by atoms with van der Waals surface area (Å²) < 4.78 is 41.0. The molecule has 1 unspecified atom stereocenters. The highest BCUT2D eigenvalue weighted by molar-refractivity contribution is 4.91. The standard InChI is InChI=1S/C8H9F3N4O/c1-5-14-7(15-16-5)4-13-3-6(2-12)8(9,10)11/h6,13H,3-4H2,1H3. The molecule has 0 amide bonds. The summed E-state index contributed by atoms with van der Waals surface area (Å²) in [5, 5.41) is 14.2. The van der Waals surface area contributed by atoms with Crippen LogP contribution in [0.15, 0.2) is 4.52 Å². The predicted molar refractivity (Wildman–Crippen MR) is 45.9 cm³/mol. The van der Waals surface area contributed by atoms with E-state index in [9.17, 15) is 13.2 Å². The summed E-state index contributed by atoms with van der Waals surface area (Å²) in [5.41, 5.74) is 0. The molecule has 8 heteroatoms. The van der Waals surface area contributed by atoms with Gasteiger partial charge in [-0.1, -0.05) is 5.16 Å². The molecule has 1 heterocycles. The lowest BCUT2D eigenvalue weighted by Gasteiger charge is -2.12. The fraction of sp³-hybridized carbons (Fsp3) is 0.625. The van der Waals surface area contributed by atoms with Crippen LogP contribution in [0, 0.1) is 24.2 Å². The molecule has 1 atom stereocenters. The molecule has 5 nitrogen and oxygen atoms in total. The van der Waals surface area contributed by atoms with E-state index in [1.165, 1.54) is 6.07 Å². The SMILES string of the molecule is Cc1nc(CNCC(C#N)C(F)(F)F)no1. The Kier molecular flexibility index (Phi) is 3.84. The van der Waals surface area contributed by atoms with E-state index < -0.39 is 18.6 Å². The monoisotopic (exact) mass is 234 g/mol. The maximum absolute atomic E-state index is 12.1. The van der Waals surface area contributed by atoms with Crippen molar-refractivity contribution in [2.24, 2.45) is 5.92 Å². The molecule has 1 aromatic heterocycles. The van der Waals surface area contributed by atoms with Gasteiger partial charge < -0.3 is 9.84 Å². The van der Waals surface area contributed by atoms with Gasteiger partial charge in [-0.3, -0.25) is 0 Å². The average Bonchev–Trinajstić information content (AvgIpc) is 2.57. The van der Waals surface area contributed by atoms with E-state index in [0.717, 1.165) is 0 Å². The molecule has 0 saturated carbocycles. The van der Waals surface area contributed by atoms with Crippen LogP contribution in [0.3, 0.4) is 0 Å². The molecule has 16 heavy (non-hydrogen) atoms. The molecule has 0 aliphatic carbocycles. The Balaban J connectivity index is 2.38. The number of aryl methyl sites for hydroxylation is 1.